The van der Waals surface area contributed by atoms with Crippen molar-refractivity contribution in [3.63, 3.8) is 0 Å². The van der Waals surface area contributed by atoms with Crippen molar-refractivity contribution in [2.75, 3.05) is 11.1 Å². The van der Waals surface area contributed by atoms with Crippen molar-refractivity contribution in [3.8, 4) is 5.88 Å². The number of hydrogen-bond acceptors (Lipinski definition) is 5. The number of rotatable bonds is 5. The average Bonchev–Trinajstić information content (AvgIpc) is 3.05. The molecule has 0 spiro atoms. The van der Waals surface area contributed by atoms with Crippen molar-refractivity contribution in [2.24, 2.45) is 10.2 Å². The lowest BCUT2D eigenvalue weighted by atomic mass is 10.2. The van der Waals surface area contributed by atoms with Crippen LogP contribution in [-0.2, 0) is 11.3 Å². The van der Waals surface area contributed by atoms with Crippen molar-refractivity contribution in [2.45, 2.75) is 13.5 Å². The highest BCUT2D eigenvalue weighted by atomic mass is 16.3. The fraction of sp³-hybridized carbons (Fsp3) is 0.0833. The Balaban J connectivity index is 1.61. The molecule has 4 N–H and O–H groups in total. The van der Waals surface area contributed by atoms with Crippen LogP contribution in [0.4, 0.5) is 17.1 Å². The molecule has 4 aromatic rings. The minimum Gasteiger partial charge on any atom is -0.493 e. The van der Waals surface area contributed by atoms with Crippen LogP contribution in [0.3, 0.4) is 0 Å². The van der Waals surface area contributed by atoms with Crippen LogP contribution in [0.15, 0.2) is 83.0 Å². The first-order chi connectivity index (χ1) is 15.4. The Morgan fingerprint density at radius 3 is 2.41 bits per heavy atom. The van der Waals surface area contributed by atoms with E-state index < -0.39 is 5.91 Å². The van der Waals surface area contributed by atoms with Crippen molar-refractivity contribution in [1.29, 1.82) is 0 Å². The Morgan fingerprint density at radius 1 is 1.00 bits per heavy atom. The molecule has 0 fully saturated rings. The van der Waals surface area contributed by atoms with E-state index in [-0.39, 0.29) is 24.0 Å². The normalized spacial score (nSPS) is 11.2. The van der Waals surface area contributed by atoms with Crippen LogP contribution < -0.4 is 11.1 Å². The number of nitrogens with zero attached hydrogens (tertiary/aromatic N) is 3. The molecule has 1 heterocycles. The topological polar surface area (TPSA) is 122 Å². The number of hydrogen-bond donors (Lipinski definition) is 3. The molecular weight excluding hydrogens is 406 g/mol. The monoisotopic (exact) mass is 427 g/mol. The molecule has 0 aliphatic carbocycles. The number of benzene rings is 3. The summed E-state index contributed by atoms with van der Waals surface area (Å²) in [5.41, 5.74) is 8.95. The van der Waals surface area contributed by atoms with Crippen molar-refractivity contribution in [1.82, 2.24) is 4.57 Å². The molecule has 8 heteroatoms. The lowest BCUT2D eigenvalue weighted by molar-refractivity contribution is -0.116. The number of para-hydroxylation sites is 1. The zero-order valence-electron chi connectivity index (χ0n) is 17.3. The Kier molecular flexibility index (Phi) is 5.67. The predicted molar refractivity (Wildman–Crippen MR) is 123 cm³/mol. The number of amides is 2. The van der Waals surface area contributed by atoms with Gasteiger partial charge in [0.2, 0.25) is 11.8 Å². The summed E-state index contributed by atoms with van der Waals surface area (Å²) < 4.78 is 1.43. The van der Waals surface area contributed by atoms with Gasteiger partial charge in [0.15, 0.2) is 5.69 Å². The predicted octanol–water partition coefficient (Wildman–Crippen LogP) is 4.80. The van der Waals surface area contributed by atoms with E-state index in [0.29, 0.717) is 27.8 Å². The smallest absolute Gasteiger partial charge is 0.295 e. The Hall–Kier alpha value is -4.46. The van der Waals surface area contributed by atoms with Gasteiger partial charge in [-0.05, 0) is 49.4 Å². The fourth-order valence-electron chi connectivity index (χ4n) is 3.29. The van der Waals surface area contributed by atoms with Gasteiger partial charge in [-0.15, -0.1) is 10.2 Å². The quantitative estimate of drug-likeness (QED) is 0.313. The maximum atomic E-state index is 12.6. The third kappa shape index (κ3) is 4.34. The number of carbonyl (C=O) groups is 2. The lowest BCUT2D eigenvalue weighted by Gasteiger charge is -2.08. The van der Waals surface area contributed by atoms with E-state index in [9.17, 15) is 14.7 Å². The van der Waals surface area contributed by atoms with Crippen LogP contribution >= 0.6 is 0 Å². The molecule has 3 aromatic carbocycles. The van der Waals surface area contributed by atoms with Gasteiger partial charge in [0.1, 0.15) is 6.54 Å². The summed E-state index contributed by atoms with van der Waals surface area (Å²) in [7, 11) is 0. The summed E-state index contributed by atoms with van der Waals surface area (Å²) in [5, 5.41) is 21.9. The first-order valence-electron chi connectivity index (χ1n) is 9.90. The molecular formula is C24H21N5O3. The molecule has 1 aromatic heterocycles. The molecule has 0 saturated heterocycles. The van der Waals surface area contributed by atoms with Gasteiger partial charge in [-0.25, -0.2) is 0 Å². The number of nitrogen functional groups attached to an aromatic ring is 1. The third-order valence-electron chi connectivity index (χ3n) is 4.95. The lowest BCUT2D eigenvalue weighted by Crippen LogP contribution is -2.18. The number of aromatic nitrogens is 1. The van der Waals surface area contributed by atoms with Crippen molar-refractivity contribution in [3.05, 3.63) is 83.9 Å². The molecule has 0 radical (unpaired) electrons. The number of aromatic hydroxyl groups is 1. The largest absolute Gasteiger partial charge is 0.493 e. The molecule has 0 saturated carbocycles. The van der Waals surface area contributed by atoms with Crippen molar-refractivity contribution < 1.29 is 14.7 Å². The number of carbonyl (C=O) groups excluding carboxylic acids is 2. The number of fused-ring (bicyclic) bond motifs is 1. The van der Waals surface area contributed by atoms with E-state index in [1.54, 1.807) is 48.5 Å². The van der Waals surface area contributed by atoms with Gasteiger partial charge in [-0.3, -0.25) is 9.59 Å². The molecule has 2 amide bonds. The molecule has 32 heavy (non-hydrogen) atoms. The minimum atomic E-state index is -0.571. The summed E-state index contributed by atoms with van der Waals surface area (Å²) in [6, 6.07) is 20.8. The SMILES string of the molecule is Cc1ccc(NC(=O)Cn2c(O)c(N=NC(=O)c3ccc(N)cc3)c3ccccc32)cc1. The van der Waals surface area contributed by atoms with Crippen LogP contribution in [0.2, 0.25) is 0 Å². The number of nitrogens with one attached hydrogen (secondary N) is 1. The molecule has 160 valence electrons. The second kappa shape index (κ2) is 8.73. The van der Waals surface area contributed by atoms with Gasteiger partial charge in [-0.1, -0.05) is 35.9 Å². The molecule has 0 bridgehead atoms. The second-order valence-corrected chi connectivity index (χ2v) is 7.32. The van der Waals surface area contributed by atoms with E-state index in [0.717, 1.165) is 5.56 Å². The van der Waals surface area contributed by atoms with Crippen LogP contribution in [0.5, 0.6) is 5.88 Å². The first-order valence-corrected chi connectivity index (χ1v) is 9.90. The van der Waals surface area contributed by atoms with E-state index in [1.807, 2.05) is 31.2 Å². The zero-order chi connectivity index (χ0) is 22.7. The summed E-state index contributed by atoms with van der Waals surface area (Å²) >= 11 is 0. The number of nitrogens with two attached hydrogens (primary N) is 1. The first kappa shape index (κ1) is 20.8. The second-order valence-electron chi connectivity index (χ2n) is 7.32. The molecule has 4 rings (SSSR count). The van der Waals surface area contributed by atoms with E-state index in [4.69, 9.17) is 5.73 Å². The van der Waals surface area contributed by atoms with Crippen LogP contribution in [0, 0.1) is 6.92 Å². The van der Waals surface area contributed by atoms with Gasteiger partial charge in [0.05, 0.1) is 5.52 Å². The van der Waals surface area contributed by atoms with Crippen LogP contribution in [0.1, 0.15) is 15.9 Å². The molecule has 0 aliphatic rings. The average molecular weight is 427 g/mol. The standard InChI is InChI=1S/C24H21N5O3/c1-15-6-12-18(13-7-15)26-21(30)14-29-20-5-3-2-4-19(20)22(24(29)32)27-28-23(31)16-8-10-17(25)11-9-16/h2-13,32H,14,25H2,1H3,(H,26,30). The highest BCUT2D eigenvalue weighted by molar-refractivity contribution is 5.99. The maximum absolute atomic E-state index is 12.6. The fourth-order valence-corrected chi connectivity index (χ4v) is 3.29. The van der Waals surface area contributed by atoms with Gasteiger partial charge in [-0.2, -0.15) is 0 Å². The van der Waals surface area contributed by atoms with E-state index in [1.165, 1.54) is 4.57 Å². The molecule has 0 unspecified atom stereocenters. The Bertz CT molecular complexity index is 1320. The van der Waals surface area contributed by atoms with Gasteiger partial charge in [0, 0.05) is 22.3 Å². The Labute approximate surface area is 184 Å². The highest BCUT2D eigenvalue weighted by Crippen LogP contribution is 2.38. The number of anilines is 2. The van der Waals surface area contributed by atoms with Gasteiger partial charge in [0.25, 0.3) is 5.91 Å². The number of aryl methyl sites for hydroxylation is 1. The highest BCUT2D eigenvalue weighted by Gasteiger charge is 2.19. The number of azo groups is 1. The van der Waals surface area contributed by atoms with Crippen LogP contribution in [0.25, 0.3) is 10.9 Å². The van der Waals surface area contributed by atoms with E-state index in [2.05, 4.69) is 15.5 Å². The summed E-state index contributed by atoms with van der Waals surface area (Å²) in [4.78, 5) is 24.9. The van der Waals surface area contributed by atoms with Crippen molar-refractivity contribution >= 4 is 39.8 Å². The van der Waals surface area contributed by atoms with Gasteiger partial charge < -0.3 is 20.7 Å². The summed E-state index contributed by atoms with van der Waals surface area (Å²) in [5.74, 6) is -1.14. The molecule has 8 nitrogen and oxygen atoms in total. The third-order valence-corrected chi connectivity index (χ3v) is 4.95. The summed E-state index contributed by atoms with van der Waals surface area (Å²) in [6.45, 7) is 1.82. The minimum absolute atomic E-state index is 0.118. The van der Waals surface area contributed by atoms with E-state index >= 15 is 0 Å². The van der Waals surface area contributed by atoms with Crippen LogP contribution in [-0.4, -0.2) is 21.5 Å². The van der Waals surface area contributed by atoms with Gasteiger partial charge >= 0.3 is 0 Å². The maximum Gasteiger partial charge on any atom is 0.295 e. The zero-order valence-corrected chi connectivity index (χ0v) is 17.3. The molecule has 0 atom stereocenters. The summed E-state index contributed by atoms with van der Waals surface area (Å²) in [6.07, 6.45) is 0. The molecule has 0 aliphatic heterocycles. The Morgan fingerprint density at radius 2 is 1.69 bits per heavy atom.